The van der Waals surface area contributed by atoms with E-state index in [1.165, 1.54) is 19.1 Å². The number of pyridine rings is 2. The van der Waals surface area contributed by atoms with Crippen molar-refractivity contribution in [1.82, 2.24) is 30.4 Å². The van der Waals surface area contributed by atoms with Crippen LogP contribution in [0, 0.1) is 17.6 Å². The van der Waals surface area contributed by atoms with Gasteiger partial charge in [0.2, 0.25) is 5.91 Å². The number of ketones is 1. The molecule has 192 valence electrons. The molecule has 4 heterocycles. The Bertz CT molecular complexity index is 1410. The fraction of sp³-hybridized carbons (Fsp3) is 0.360. The number of hydrogen-bond acceptors (Lipinski definition) is 6. The van der Waals surface area contributed by atoms with Gasteiger partial charge in [-0.2, -0.15) is 5.10 Å². The molecule has 1 spiro atoms. The number of hydrogen-bond donors (Lipinski definition) is 2. The van der Waals surface area contributed by atoms with E-state index >= 15 is 0 Å². The molecule has 12 heteroatoms. The minimum Gasteiger partial charge on any atom is -0.350 e. The van der Waals surface area contributed by atoms with Gasteiger partial charge >= 0.3 is 0 Å². The van der Waals surface area contributed by atoms with Crippen LogP contribution in [0.2, 0.25) is 5.02 Å². The average molecular weight is 529 g/mol. The monoisotopic (exact) mass is 528 g/mol. The maximum atomic E-state index is 14.4. The molecule has 37 heavy (non-hydrogen) atoms. The normalized spacial score (nSPS) is 18.1. The lowest BCUT2D eigenvalue weighted by Crippen LogP contribution is -2.50. The summed E-state index contributed by atoms with van der Waals surface area (Å²) in [7, 11) is 0. The second-order valence-corrected chi connectivity index (χ2v) is 9.85. The zero-order valence-corrected chi connectivity index (χ0v) is 20.6. The highest BCUT2D eigenvalue weighted by Gasteiger charge is 2.54. The molecular formula is C25H23ClF2N6O3. The number of amides is 2. The van der Waals surface area contributed by atoms with Crippen molar-refractivity contribution in [1.29, 1.82) is 0 Å². The quantitative estimate of drug-likeness (QED) is 0.471. The molecule has 1 saturated carbocycles. The van der Waals surface area contributed by atoms with Gasteiger partial charge in [-0.25, -0.2) is 8.78 Å². The summed E-state index contributed by atoms with van der Waals surface area (Å²) in [6.45, 7) is 1.78. The standard InChI is InChI=1S/C25H23ClF2N6O3/c1-13(35)19-7-16(18(28)11-30-19)20-8-21(33-32-20)24(37)34-5-2-14(9-25(34)3-4-25)23(36)31-12-22-17(26)6-15(27)10-29-22/h6-8,10-11,14H,2-5,9,12H2,1H3,(H,31,36)(H,32,33). The number of Topliss-reactive ketones (excluding diaryl/α,β-unsaturated/α-hetero) is 1. The molecule has 0 aromatic carbocycles. The number of piperidine rings is 1. The molecule has 1 saturated heterocycles. The van der Waals surface area contributed by atoms with E-state index in [-0.39, 0.29) is 57.7 Å². The number of rotatable bonds is 6. The molecule has 2 fully saturated rings. The molecule has 2 aliphatic rings. The van der Waals surface area contributed by atoms with E-state index in [4.69, 9.17) is 11.6 Å². The molecule has 2 amide bonds. The Balaban J connectivity index is 1.25. The second kappa shape index (κ2) is 9.62. The Morgan fingerprint density at radius 3 is 2.65 bits per heavy atom. The first kappa shape index (κ1) is 24.9. The van der Waals surface area contributed by atoms with Gasteiger partial charge in [-0.3, -0.25) is 29.5 Å². The fourth-order valence-corrected chi connectivity index (χ4v) is 5.01. The van der Waals surface area contributed by atoms with E-state index in [9.17, 15) is 23.2 Å². The molecular weight excluding hydrogens is 506 g/mol. The topological polar surface area (TPSA) is 121 Å². The zero-order chi connectivity index (χ0) is 26.3. The van der Waals surface area contributed by atoms with E-state index in [1.807, 2.05) is 0 Å². The van der Waals surface area contributed by atoms with Crippen molar-refractivity contribution < 1.29 is 23.2 Å². The molecule has 3 aromatic heterocycles. The maximum absolute atomic E-state index is 14.4. The zero-order valence-electron chi connectivity index (χ0n) is 19.9. The number of nitrogens with one attached hydrogen (secondary N) is 2. The maximum Gasteiger partial charge on any atom is 0.274 e. The van der Waals surface area contributed by atoms with Crippen LogP contribution in [0.3, 0.4) is 0 Å². The van der Waals surface area contributed by atoms with Gasteiger partial charge in [0.05, 0.1) is 35.3 Å². The second-order valence-electron chi connectivity index (χ2n) is 9.44. The minimum atomic E-state index is -0.643. The summed E-state index contributed by atoms with van der Waals surface area (Å²) in [5.74, 6) is -2.27. The average Bonchev–Trinajstić information content (AvgIpc) is 3.44. The van der Waals surface area contributed by atoms with E-state index in [0.717, 1.165) is 31.3 Å². The van der Waals surface area contributed by atoms with E-state index in [1.54, 1.807) is 4.90 Å². The predicted octanol–water partition coefficient (Wildman–Crippen LogP) is 3.70. The van der Waals surface area contributed by atoms with Crippen LogP contribution in [0.15, 0.2) is 30.6 Å². The summed E-state index contributed by atoms with van der Waals surface area (Å²) >= 11 is 5.99. The Morgan fingerprint density at radius 2 is 1.95 bits per heavy atom. The summed E-state index contributed by atoms with van der Waals surface area (Å²) in [4.78, 5) is 47.3. The third-order valence-corrected chi connectivity index (χ3v) is 7.29. The Morgan fingerprint density at radius 1 is 1.16 bits per heavy atom. The van der Waals surface area contributed by atoms with E-state index in [2.05, 4.69) is 25.5 Å². The summed E-state index contributed by atoms with van der Waals surface area (Å²) in [5, 5.41) is 9.73. The molecule has 0 bridgehead atoms. The van der Waals surface area contributed by atoms with Gasteiger partial charge in [0, 0.05) is 30.5 Å². The molecule has 5 rings (SSSR count). The smallest absolute Gasteiger partial charge is 0.274 e. The lowest BCUT2D eigenvalue weighted by molar-refractivity contribution is -0.127. The number of H-pyrrole nitrogens is 1. The highest BCUT2D eigenvalue weighted by Crippen LogP contribution is 2.50. The molecule has 2 N–H and O–H groups in total. The van der Waals surface area contributed by atoms with Crippen LogP contribution in [0.4, 0.5) is 8.78 Å². The fourth-order valence-electron chi connectivity index (χ4n) is 4.79. The van der Waals surface area contributed by atoms with Gasteiger partial charge in [0.25, 0.3) is 5.91 Å². The summed E-state index contributed by atoms with van der Waals surface area (Å²) in [6.07, 6.45) is 4.51. The first-order valence-corrected chi connectivity index (χ1v) is 12.2. The number of nitrogens with zero attached hydrogens (tertiary/aromatic N) is 4. The Hall–Kier alpha value is -3.73. The molecule has 9 nitrogen and oxygen atoms in total. The number of aromatic amines is 1. The lowest BCUT2D eigenvalue weighted by Gasteiger charge is -2.39. The number of halogens is 3. The lowest BCUT2D eigenvalue weighted by atomic mass is 9.88. The van der Waals surface area contributed by atoms with Crippen molar-refractivity contribution in [2.45, 2.75) is 44.7 Å². The van der Waals surface area contributed by atoms with Gasteiger partial charge in [-0.1, -0.05) is 11.6 Å². The first-order chi connectivity index (χ1) is 17.7. The van der Waals surface area contributed by atoms with Crippen LogP contribution in [0.5, 0.6) is 0 Å². The van der Waals surface area contributed by atoms with Gasteiger partial charge in [0.1, 0.15) is 11.5 Å². The minimum absolute atomic E-state index is 0.0804. The van der Waals surface area contributed by atoms with E-state index < -0.39 is 17.2 Å². The van der Waals surface area contributed by atoms with Crippen molar-refractivity contribution in [3.05, 3.63) is 64.3 Å². The van der Waals surface area contributed by atoms with Crippen LogP contribution in [-0.4, -0.2) is 54.7 Å². The Kier molecular flexibility index (Phi) is 6.49. The SMILES string of the molecule is CC(=O)c1cc(-c2cc(C(=O)N3CCC(C(=O)NCc4ncc(F)cc4Cl)CC34CC4)n[nH]2)c(F)cn1. The van der Waals surface area contributed by atoms with Crippen molar-refractivity contribution in [3.8, 4) is 11.3 Å². The number of likely N-dealkylation sites (tertiary alicyclic amines) is 1. The summed E-state index contributed by atoms with van der Waals surface area (Å²) in [6, 6.07) is 3.92. The van der Waals surface area contributed by atoms with Gasteiger partial charge < -0.3 is 10.2 Å². The third kappa shape index (κ3) is 4.95. The molecule has 0 radical (unpaired) electrons. The van der Waals surface area contributed by atoms with Crippen molar-refractivity contribution in [2.24, 2.45) is 5.92 Å². The van der Waals surface area contributed by atoms with Crippen LogP contribution in [0.25, 0.3) is 11.3 Å². The van der Waals surface area contributed by atoms with Crippen molar-refractivity contribution >= 4 is 29.2 Å². The number of aromatic nitrogens is 4. The Labute approximate surface area is 215 Å². The van der Waals surface area contributed by atoms with Gasteiger partial charge in [-0.15, -0.1) is 0 Å². The largest absolute Gasteiger partial charge is 0.350 e. The predicted molar refractivity (Wildman–Crippen MR) is 129 cm³/mol. The van der Waals surface area contributed by atoms with E-state index in [0.29, 0.717) is 25.1 Å². The van der Waals surface area contributed by atoms with Crippen LogP contribution >= 0.6 is 11.6 Å². The van der Waals surface area contributed by atoms with Gasteiger partial charge in [0.15, 0.2) is 17.3 Å². The molecule has 1 aliphatic carbocycles. The molecule has 1 unspecified atom stereocenters. The van der Waals surface area contributed by atoms with Crippen LogP contribution in [0.1, 0.15) is 59.3 Å². The third-order valence-electron chi connectivity index (χ3n) is 6.96. The van der Waals surface area contributed by atoms with Crippen LogP contribution < -0.4 is 5.32 Å². The molecule has 1 atom stereocenters. The number of carbonyl (C=O) groups excluding carboxylic acids is 3. The van der Waals surface area contributed by atoms with Crippen molar-refractivity contribution in [2.75, 3.05) is 6.54 Å². The number of carbonyl (C=O) groups is 3. The van der Waals surface area contributed by atoms with Gasteiger partial charge in [-0.05, 0) is 43.9 Å². The molecule has 3 aromatic rings. The highest BCUT2D eigenvalue weighted by molar-refractivity contribution is 6.31. The summed E-state index contributed by atoms with van der Waals surface area (Å²) < 4.78 is 27.6. The molecule has 1 aliphatic heterocycles. The first-order valence-electron chi connectivity index (χ1n) is 11.8. The van der Waals surface area contributed by atoms with Crippen molar-refractivity contribution in [3.63, 3.8) is 0 Å². The highest BCUT2D eigenvalue weighted by atomic mass is 35.5. The van der Waals surface area contributed by atoms with Crippen LogP contribution in [-0.2, 0) is 11.3 Å². The summed E-state index contributed by atoms with van der Waals surface area (Å²) in [5.41, 5.74) is 0.541.